The highest BCUT2D eigenvalue weighted by Crippen LogP contribution is 2.01. The maximum atomic E-state index is 11.7. The van der Waals surface area contributed by atoms with Gasteiger partial charge in [0.05, 0.1) is 12.9 Å². The number of alkyl halides is 1. The van der Waals surface area contributed by atoms with Gasteiger partial charge in [0.2, 0.25) is 0 Å². The van der Waals surface area contributed by atoms with Crippen molar-refractivity contribution in [2.45, 2.75) is 6.42 Å². The quantitative estimate of drug-likeness (QED) is 0.684. The molecule has 1 N–H and O–H groups in total. The molecule has 1 heterocycles. The second-order valence-electron chi connectivity index (χ2n) is 2.66. The van der Waals surface area contributed by atoms with Crippen LogP contribution >= 0.6 is 0 Å². The second-order valence-corrected chi connectivity index (χ2v) is 2.66. The van der Waals surface area contributed by atoms with Crippen molar-refractivity contribution in [3.63, 3.8) is 0 Å². The summed E-state index contributed by atoms with van der Waals surface area (Å²) < 4.78 is 16.7. The third kappa shape index (κ3) is 4.48. The van der Waals surface area contributed by atoms with Crippen LogP contribution in [0.4, 0.5) is 4.39 Å². The molecule has 0 radical (unpaired) electrons. The van der Waals surface area contributed by atoms with Crippen LogP contribution in [0.2, 0.25) is 0 Å². The predicted molar refractivity (Wildman–Crippen MR) is 51.2 cm³/mol. The molecule has 1 aromatic heterocycles. The maximum absolute atomic E-state index is 11.7. The van der Waals surface area contributed by atoms with E-state index in [4.69, 9.17) is 4.42 Å². The summed E-state index contributed by atoms with van der Waals surface area (Å²) in [4.78, 5) is 0. The number of rotatable bonds is 6. The highest BCUT2D eigenvalue weighted by molar-refractivity contribution is 5.42. The zero-order valence-corrected chi connectivity index (χ0v) is 7.50. The molecule has 13 heavy (non-hydrogen) atoms. The molecule has 0 fully saturated rings. The van der Waals surface area contributed by atoms with Crippen LogP contribution in [0.5, 0.6) is 0 Å². The normalized spacial score (nSPS) is 11.2. The highest BCUT2D eigenvalue weighted by Gasteiger charge is 1.86. The van der Waals surface area contributed by atoms with Crippen molar-refractivity contribution in [3.05, 3.63) is 30.2 Å². The van der Waals surface area contributed by atoms with Crippen LogP contribution in [-0.4, -0.2) is 19.8 Å². The first-order valence-corrected chi connectivity index (χ1v) is 4.40. The molecule has 0 aliphatic heterocycles. The van der Waals surface area contributed by atoms with E-state index in [2.05, 4.69) is 5.32 Å². The van der Waals surface area contributed by atoms with E-state index < -0.39 is 0 Å². The number of halogens is 1. The van der Waals surface area contributed by atoms with Gasteiger partial charge in [-0.05, 0) is 31.2 Å². The number of furan rings is 1. The van der Waals surface area contributed by atoms with Gasteiger partial charge in [0.25, 0.3) is 0 Å². The lowest BCUT2D eigenvalue weighted by molar-refractivity contribution is 0.464. The Hall–Kier alpha value is -1.09. The zero-order valence-electron chi connectivity index (χ0n) is 7.50. The Morgan fingerprint density at radius 3 is 3.15 bits per heavy atom. The number of hydrogen-bond donors (Lipinski definition) is 1. The molecule has 0 aromatic carbocycles. The lowest BCUT2D eigenvalue weighted by Gasteiger charge is -1.96. The second kappa shape index (κ2) is 6.43. The Morgan fingerprint density at radius 1 is 1.54 bits per heavy atom. The van der Waals surface area contributed by atoms with Crippen LogP contribution in [0.1, 0.15) is 12.2 Å². The Morgan fingerprint density at radius 2 is 2.46 bits per heavy atom. The Kier molecular flexibility index (Phi) is 4.94. The van der Waals surface area contributed by atoms with E-state index in [1.54, 1.807) is 6.26 Å². The highest BCUT2D eigenvalue weighted by atomic mass is 19.1. The average molecular weight is 183 g/mol. The largest absolute Gasteiger partial charge is 0.465 e. The van der Waals surface area contributed by atoms with E-state index in [-0.39, 0.29) is 6.67 Å². The van der Waals surface area contributed by atoms with Gasteiger partial charge in [-0.25, -0.2) is 0 Å². The lowest BCUT2D eigenvalue weighted by Crippen LogP contribution is -2.15. The molecule has 72 valence electrons. The lowest BCUT2D eigenvalue weighted by atomic mass is 10.4. The minimum Gasteiger partial charge on any atom is -0.465 e. The van der Waals surface area contributed by atoms with Crippen LogP contribution in [0.3, 0.4) is 0 Å². The first-order chi connectivity index (χ1) is 6.43. The Labute approximate surface area is 77.4 Å². The Bertz CT molecular complexity index is 231. The van der Waals surface area contributed by atoms with E-state index >= 15 is 0 Å². The van der Waals surface area contributed by atoms with Gasteiger partial charge >= 0.3 is 0 Å². The van der Waals surface area contributed by atoms with Crippen molar-refractivity contribution in [1.29, 1.82) is 0 Å². The van der Waals surface area contributed by atoms with Crippen molar-refractivity contribution >= 4 is 6.08 Å². The fraction of sp³-hybridized carbons (Fsp3) is 0.400. The molecular formula is C10H14FNO. The third-order valence-electron chi connectivity index (χ3n) is 1.57. The fourth-order valence-corrected chi connectivity index (χ4v) is 0.938. The van der Waals surface area contributed by atoms with Gasteiger partial charge in [-0.2, -0.15) is 0 Å². The standard InChI is InChI=1S/C10H14FNO/c11-6-3-8-12-7-1-4-10-5-2-9-13-10/h1-2,4-5,9,12H,3,6-8H2/b4-1+. The minimum atomic E-state index is -0.255. The molecular weight excluding hydrogens is 169 g/mol. The molecule has 1 aromatic rings. The van der Waals surface area contributed by atoms with Crippen LogP contribution in [-0.2, 0) is 0 Å². The molecule has 2 nitrogen and oxygen atoms in total. The Balaban J connectivity index is 2.05. The molecule has 0 aliphatic rings. The zero-order chi connectivity index (χ0) is 9.36. The molecule has 0 atom stereocenters. The van der Waals surface area contributed by atoms with E-state index in [0.717, 1.165) is 18.8 Å². The smallest absolute Gasteiger partial charge is 0.126 e. The van der Waals surface area contributed by atoms with E-state index in [0.29, 0.717) is 6.42 Å². The molecule has 0 spiro atoms. The first-order valence-electron chi connectivity index (χ1n) is 4.40. The summed E-state index contributed by atoms with van der Waals surface area (Å²) in [5.74, 6) is 0.840. The molecule has 3 heteroatoms. The first kappa shape index (κ1) is 9.99. The summed E-state index contributed by atoms with van der Waals surface area (Å²) in [7, 11) is 0. The minimum absolute atomic E-state index is 0.255. The average Bonchev–Trinajstić information content (AvgIpc) is 2.63. The molecule has 0 saturated heterocycles. The van der Waals surface area contributed by atoms with Crippen molar-refractivity contribution < 1.29 is 8.81 Å². The summed E-state index contributed by atoms with van der Waals surface area (Å²) in [6.07, 6.45) is 6.06. The maximum Gasteiger partial charge on any atom is 0.126 e. The van der Waals surface area contributed by atoms with Crippen LogP contribution in [0.25, 0.3) is 6.08 Å². The number of hydrogen-bond acceptors (Lipinski definition) is 2. The van der Waals surface area contributed by atoms with Gasteiger partial charge in [-0.1, -0.05) is 6.08 Å². The molecule has 0 saturated carbocycles. The topological polar surface area (TPSA) is 25.2 Å². The van der Waals surface area contributed by atoms with Crippen LogP contribution < -0.4 is 5.32 Å². The number of nitrogens with one attached hydrogen (secondary N) is 1. The van der Waals surface area contributed by atoms with Gasteiger partial charge in [0, 0.05) is 6.54 Å². The van der Waals surface area contributed by atoms with Crippen molar-refractivity contribution in [3.8, 4) is 0 Å². The van der Waals surface area contributed by atoms with Crippen LogP contribution in [0.15, 0.2) is 28.9 Å². The van der Waals surface area contributed by atoms with Gasteiger partial charge in [-0.15, -0.1) is 0 Å². The fourth-order valence-electron chi connectivity index (χ4n) is 0.938. The summed E-state index contributed by atoms with van der Waals surface area (Å²) >= 11 is 0. The predicted octanol–water partition coefficient (Wildman–Crippen LogP) is 2.24. The van der Waals surface area contributed by atoms with Gasteiger partial charge in [0.15, 0.2) is 0 Å². The molecule has 0 bridgehead atoms. The van der Waals surface area contributed by atoms with E-state index in [9.17, 15) is 4.39 Å². The van der Waals surface area contributed by atoms with Crippen LogP contribution in [0, 0.1) is 0 Å². The van der Waals surface area contributed by atoms with E-state index in [1.165, 1.54) is 0 Å². The molecule has 0 aliphatic carbocycles. The third-order valence-corrected chi connectivity index (χ3v) is 1.57. The summed E-state index contributed by atoms with van der Waals surface area (Å²) in [5, 5.41) is 3.08. The van der Waals surface area contributed by atoms with E-state index in [1.807, 2.05) is 24.3 Å². The molecule has 1 rings (SSSR count). The van der Waals surface area contributed by atoms with Crippen molar-refractivity contribution in [2.24, 2.45) is 0 Å². The summed E-state index contributed by atoms with van der Waals surface area (Å²) in [5.41, 5.74) is 0. The SMILES string of the molecule is FCCCNC/C=C/c1ccco1. The van der Waals surface area contributed by atoms with Crippen molar-refractivity contribution in [1.82, 2.24) is 5.32 Å². The van der Waals surface area contributed by atoms with Crippen molar-refractivity contribution in [2.75, 3.05) is 19.8 Å². The molecule has 0 unspecified atom stereocenters. The monoisotopic (exact) mass is 183 g/mol. The summed E-state index contributed by atoms with van der Waals surface area (Å²) in [6.45, 7) is 1.22. The summed E-state index contributed by atoms with van der Waals surface area (Å²) in [6, 6.07) is 3.73. The van der Waals surface area contributed by atoms with Gasteiger partial charge in [0.1, 0.15) is 5.76 Å². The van der Waals surface area contributed by atoms with Gasteiger partial charge < -0.3 is 9.73 Å². The molecule has 0 amide bonds. The van der Waals surface area contributed by atoms with Gasteiger partial charge in [-0.3, -0.25) is 4.39 Å².